The van der Waals surface area contributed by atoms with E-state index in [1.165, 1.54) is 12.1 Å². The van der Waals surface area contributed by atoms with Crippen LogP contribution in [-0.2, 0) is 25.2 Å². The molecule has 0 saturated heterocycles. The summed E-state index contributed by atoms with van der Waals surface area (Å²) in [7, 11) is 0. The highest BCUT2D eigenvalue weighted by Gasteiger charge is 2.41. The topological polar surface area (TPSA) is 277 Å². The predicted molar refractivity (Wildman–Crippen MR) is 177 cm³/mol. The molecule has 0 aliphatic heterocycles. The van der Waals surface area contributed by atoms with E-state index >= 15 is 0 Å². The third-order valence-electron chi connectivity index (χ3n) is 7.77. The van der Waals surface area contributed by atoms with Crippen LogP contribution >= 0.6 is 0 Å². The van der Waals surface area contributed by atoms with E-state index in [1.807, 2.05) is 0 Å². The minimum atomic E-state index is -5.25. The Hall–Kier alpha value is -7.54. The largest absolute Gasteiger partial charge is 0.437 e. The van der Waals surface area contributed by atoms with Crippen molar-refractivity contribution in [2.75, 3.05) is 0 Å². The van der Waals surface area contributed by atoms with Gasteiger partial charge < -0.3 is 9.47 Å². The van der Waals surface area contributed by atoms with Gasteiger partial charge in [-0.15, -0.1) is 0 Å². The molecule has 0 unspecified atom stereocenters. The monoisotopic (exact) mass is 814 g/mol. The van der Waals surface area contributed by atoms with Crippen LogP contribution in [0.1, 0.15) is 36.1 Å². The summed E-state index contributed by atoms with van der Waals surface area (Å²) in [6, 6.07) is 5.77. The Morgan fingerprint density at radius 3 is 0.947 bits per heavy atom. The molecule has 0 atom stereocenters. The van der Waals surface area contributed by atoms with Crippen LogP contribution in [0.3, 0.4) is 0 Å². The van der Waals surface area contributed by atoms with E-state index in [2.05, 4.69) is 0 Å². The maximum absolute atomic E-state index is 13.3. The molecule has 0 heterocycles. The van der Waals surface area contributed by atoms with Crippen LogP contribution in [0.5, 0.6) is 23.0 Å². The maximum atomic E-state index is 13.3. The number of hydrogen-bond donors (Lipinski definition) is 0. The first-order valence-electron chi connectivity index (χ1n) is 15.2. The molecule has 300 valence electrons. The number of benzene rings is 4. The van der Waals surface area contributed by atoms with Gasteiger partial charge in [-0.2, -0.15) is 26.3 Å². The SMILES string of the molecule is CC(C)(Cc1ccc(Oc2c([N+](=O)[O-])cc(C(F)(F)F)cc2[N+](=O)[O-])c([N+](=O)[O-])c1)Cc1ccc(Oc2c([N+](=O)[O-])cc(C(F)(F)F)cc2[N+](=O)[O-])c([N+](=O)[O-])c1. The van der Waals surface area contributed by atoms with Crippen LogP contribution in [0, 0.1) is 66.1 Å². The lowest BCUT2D eigenvalue weighted by molar-refractivity contribution is -0.396. The minimum absolute atomic E-state index is 0.0452. The molecule has 0 spiro atoms. The standard InChI is InChI=1S/C31H20F6N6O14/c1-29(2,13-15-3-5-25(19(7-15)38(44)45)56-27-21(40(48)49)9-17(30(32,33)34)10-22(27)41(50)51)14-16-4-6-26(20(8-16)39(46)47)57-28-23(42(52)53)11-18(31(35,36)37)12-24(28)43(54)55/h3-12H,13-14H2,1-2H3. The molecular formula is C31H20F6N6O14. The van der Waals surface area contributed by atoms with Gasteiger partial charge in [0, 0.05) is 36.4 Å². The zero-order valence-electron chi connectivity index (χ0n) is 28.4. The lowest BCUT2D eigenvalue weighted by Gasteiger charge is -2.25. The lowest BCUT2D eigenvalue weighted by atomic mass is 9.80. The van der Waals surface area contributed by atoms with Crippen molar-refractivity contribution in [2.24, 2.45) is 5.41 Å². The second-order valence-corrected chi connectivity index (χ2v) is 12.6. The van der Waals surface area contributed by atoms with Crippen molar-refractivity contribution in [2.45, 2.75) is 39.0 Å². The van der Waals surface area contributed by atoms with Crippen LogP contribution in [0.4, 0.5) is 60.5 Å². The fourth-order valence-corrected chi connectivity index (χ4v) is 5.47. The first-order chi connectivity index (χ1) is 26.2. The molecule has 26 heteroatoms. The van der Waals surface area contributed by atoms with Gasteiger partial charge in [0.25, 0.3) is 11.5 Å². The average molecular weight is 815 g/mol. The summed E-state index contributed by atoms with van der Waals surface area (Å²) in [4.78, 5) is 62.6. The Morgan fingerprint density at radius 2 is 0.719 bits per heavy atom. The van der Waals surface area contributed by atoms with E-state index in [-0.39, 0.29) is 48.2 Å². The van der Waals surface area contributed by atoms with Gasteiger partial charge >= 0.3 is 46.5 Å². The highest BCUT2D eigenvalue weighted by molar-refractivity contribution is 5.66. The lowest BCUT2D eigenvalue weighted by Crippen LogP contribution is -2.18. The molecule has 0 radical (unpaired) electrons. The molecule has 4 rings (SSSR count). The Balaban J connectivity index is 1.67. The number of alkyl halides is 6. The Morgan fingerprint density at radius 1 is 0.456 bits per heavy atom. The Labute approximate surface area is 310 Å². The molecule has 0 aliphatic rings. The molecule has 0 amide bonds. The number of hydrogen-bond acceptors (Lipinski definition) is 14. The molecule has 4 aromatic carbocycles. The van der Waals surface area contributed by atoms with E-state index in [1.54, 1.807) is 13.8 Å². The van der Waals surface area contributed by atoms with E-state index in [0.29, 0.717) is 0 Å². The van der Waals surface area contributed by atoms with Crippen molar-refractivity contribution in [3.8, 4) is 23.0 Å². The van der Waals surface area contributed by atoms with Gasteiger partial charge in [0.15, 0.2) is 0 Å². The fourth-order valence-electron chi connectivity index (χ4n) is 5.47. The van der Waals surface area contributed by atoms with Gasteiger partial charge in [-0.3, -0.25) is 60.7 Å². The van der Waals surface area contributed by atoms with Crippen LogP contribution in [-0.4, -0.2) is 29.5 Å². The quantitative estimate of drug-likeness (QED) is 0.0651. The maximum Gasteiger partial charge on any atom is 0.416 e. The van der Waals surface area contributed by atoms with Crippen molar-refractivity contribution in [1.82, 2.24) is 0 Å². The molecule has 0 saturated carbocycles. The summed E-state index contributed by atoms with van der Waals surface area (Å²) in [6.45, 7) is 3.17. The van der Waals surface area contributed by atoms with Gasteiger partial charge in [0.2, 0.25) is 11.5 Å². The molecule has 0 N–H and O–H groups in total. The number of halogens is 6. The van der Waals surface area contributed by atoms with Gasteiger partial charge in [-0.1, -0.05) is 26.0 Å². The van der Waals surface area contributed by atoms with Crippen molar-refractivity contribution < 1.29 is 65.4 Å². The first kappa shape index (κ1) is 42.2. The second-order valence-electron chi connectivity index (χ2n) is 12.6. The molecule has 0 aromatic heterocycles. The van der Waals surface area contributed by atoms with Crippen LogP contribution in [0.15, 0.2) is 60.7 Å². The van der Waals surface area contributed by atoms with Gasteiger partial charge in [-0.05, 0) is 41.5 Å². The van der Waals surface area contributed by atoms with Crippen molar-refractivity contribution in [3.63, 3.8) is 0 Å². The fraction of sp³-hybridized carbons (Fsp3) is 0.226. The predicted octanol–water partition coefficient (Wildman–Crippen LogP) is 9.57. The molecule has 0 bridgehead atoms. The molecular weight excluding hydrogens is 794 g/mol. The van der Waals surface area contributed by atoms with Crippen LogP contribution < -0.4 is 9.47 Å². The van der Waals surface area contributed by atoms with Crippen LogP contribution in [0.2, 0.25) is 0 Å². The summed E-state index contributed by atoms with van der Waals surface area (Å²) < 4.78 is 90.2. The Kier molecular flexibility index (Phi) is 11.3. The third-order valence-corrected chi connectivity index (χ3v) is 7.77. The summed E-state index contributed by atoms with van der Waals surface area (Å²) in [5, 5.41) is 70.4. The van der Waals surface area contributed by atoms with Gasteiger partial charge in [0.05, 0.1) is 40.7 Å². The first-order valence-corrected chi connectivity index (χ1v) is 15.2. The van der Waals surface area contributed by atoms with Crippen molar-refractivity contribution in [3.05, 3.63) is 144 Å². The van der Waals surface area contributed by atoms with Gasteiger partial charge in [-0.25, -0.2) is 0 Å². The minimum Gasteiger partial charge on any atom is -0.437 e. The normalized spacial score (nSPS) is 11.8. The smallest absolute Gasteiger partial charge is 0.416 e. The zero-order chi connectivity index (χ0) is 42.9. The van der Waals surface area contributed by atoms with E-state index in [4.69, 9.17) is 9.47 Å². The second kappa shape index (κ2) is 15.3. The summed E-state index contributed by atoms with van der Waals surface area (Å²) >= 11 is 0. The zero-order valence-corrected chi connectivity index (χ0v) is 28.4. The van der Waals surface area contributed by atoms with E-state index in [0.717, 1.165) is 24.3 Å². The van der Waals surface area contributed by atoms with E-state index in [9.17, 15) is 87.0 Å². The highest BCUT2D eigenvalue weighted by atomic mass is 19.4. The summed E-state index contributed by atoms with van der Waals surface area (Å²) in [5.74, 6) is -4.31. The molecule has 4 aromatic rings. The molecule has 20 nitrogen and oxygen atoms in total. The Bertz CT molecular complexity index is 2140. The van der Waals surface area contributed by atoms with Crippen LogP contribution in [0.25, 0.3) is 0 Å². The number of ether oxygens (including phenoxy) is 2. The van der Waals surface area contributed by atoms with Crippen molar-refractivity contribution in [1.29, 1.82) is 0 Å². The number of nitrogens with zero attached hydrogens (tertiary/aromatic N) is 6. The number of nitro benzene ring substituents is 6. The summed E-state index contributed by atoms with van der Waals surface area (Å²) in [6.07, 6.45) is -10.7. The number of nitro groups is 6. The third kappa shape index (κ3) is 9.59. The summed E-state index contributed by atoms with van der Waals surface area (Å²) in [5.41, 5.74) is -12.1. The van der Waals surface area contributed by atoms with E-state index < -0.39 is 116 Å². The molecule has 0 aliphatic carbocycles. The molecule has 0 fully saturated rings. The van der Waals surface area contributed by atoms with Crippen molar-refractivity contribution >= 4 is 34.1 Å². The molecule has 57 heavy (non-hydrogen) atoms. The highest BCUT2D eigenvalue weighted by Crippen LogP contribution is 2.48. The average Bonchev–Trinajstić information content (AvgIpc) is 3.07. The number of rotatable bonds is 14. The van der Waals surface area contributed by atoms with Gasteiger partial charge in [0.1, 0.15) is 0 Å².